The Labute approximate surface area is 163 Å². The molecule has 0 unspecified atom stereocenters. The number of halogens is 1. The second-order valence-corrected chi connectivity index (χ2v) is 6.31. The van der Waals surface area contributed by atoms with Gasteiger partial charge >= 0.3 is 0 Å². The summed E-state index contributed by atoms with van der Waals surface area (Å²) in [6.07, 6.45) is 1.49. The molecule has 0 atom stereocenters. The van der Waals surface area contributed by atoms with Crippen LogP contribution in [0.4, 0.5) is 15.8 Å². The minimum atomic E-state index is -0.612. The maximum Gasteiger partial charge on any atom is 0.259 e. The Morgan fingerprint density at radius 3 is 2.69 bits per heavy atom. The number of aromatic nitrogens is 2. The summed E-state index contributed by atoms with van der Waals surface area (Å²) in [4.78, 5) is 28.6. The van der Waals surface area contributed by atoms with Gasteiger partial charge in [-0.1, -0.05) is 5.16 Å². The third-order valence-corrected chi connectivity index (χ3v) is 4.17. The van der Waals surface area contributed by atoms with Gasteiger partial charge in [0.1, 0.15) is 11.5 Å². The number of fused-ring (bicyclic) bond motifs is 1. The number of carbonyl (C=O) groups is 2. The van der Waals surface area contributed by atoms with Gasteiger partial charge in [0.25, 0.3) is 11.6 Å². The molecule has 0 saturated heterocycles. The third-order valence-electron chi connectivity index (χ3n) is 4.17. The van der Waals surface area contributed by atoms with Gasteiger partial charge in [0.05, 0.1) is 28.6 Å². The average Bonchev–Trinajstić information content (AvgIpc) is 3.34. The molecule has 4 rings (SSSR count). The van der Waals surface area contributed by atoms with Crippen molar-refractivity contribution in [2.45, 2.75) is 13.8 Å². The Bertz CT molecular complexity index is 1230. The summed E-state index contributed by atoms with van der Waals surface area (Å²) in [6.45, 7) is 2.97. The van der Waals surface area contributed by atoms with Crippen LogP contribution in [0.3, 0.4) is 0 Å². The summed E-state index contributed by atoms with van der Waals surface area (Å²) in [7, 11) is 0. The summed E-state index contributed by atoms with van der Waals surface area (Å²) in [6, 6.07) is 8.86. The van der Waals surface area contributed by atoms with Gasteiger partial charge in [-0.15, -0.1) is 0 Å². The first kappa shape index (κ1) is 18.4. The summed E-state index contributed by atoms with van der Waals surface area (Å²) in [5.74, 6) is -1.05. The second kappa shape index (κ2) is 7.19. The number of benzene rings is 1. The number of nitrogens with zero attached hydrogens (tertiary/aromatic N) is 2. The zero-order chi connectivity index (χ0) is 20.5. The van der Waals surface area contributed by atoms with Gasteiger partial charge in [-0.3, -0.25) is 9.59 Å². The number of amides is 2. The topological polar surface area (TPSA) is 110 Å². The maximum atomic E-state index is 13.9. The van der Waals surface area contributed by atoms with Gasteiger partial charge in [0.15, 0.2) is 5.76 Å². The molecule has 0 bridgehead atoms. The Hall–Kier alpha value is -4.01. The van der Waals surface area contributed by atoms with E-state index >= 15 is 0 Å². The fourth-order valence-electron chi connectivity index (χ4n) is 2.91. The standard InChI is InChI=1S/C20H15FN4O4/c1-10-18-13(9-16(17-4-3-7-28-17)24-20(18)29-25-10)19(27)23-12-5-6-14(21)15(8-12)22-11(2)26/h3-9H,1-2H3,(H,22,26)(H,23,27). The van der Waals surface area contributed by atoms with Crippen molar-refractivity contribution in [3.63, 3.8) is 0 Å². The van der Waals surface area contributed by atoms with E-state index in [1.54, 1.807) is 25.1 Å². The van der Waals surface area contributed by atoms with Crippen LogP contribution in [0.2, 0.25) is 0 Å². The van der Waals surface area contributed by atoms with E-state index in [2.05, 4.69) is 20.8 Å². The van der Waals surface area contributed by atoms with Crippen LogP contribution in [0.15, 0.2) is 51.6 Å². The lowest BCUT2D eigenvalue weighted by molar-refractivity contribution is -0.114. The van der Waals surface area contributed by atoms with E-state index < -0.39 is 17.6 Å². The molecule has 0 fully saturated rings. The number of hydrogen-bond acceptors (Lipinski definition) is 6. The van der Waals surface area contributed by atoms with Gasteiger partial charge in [0, 0.05) is 12.6 Å². The number of pyridine rings is 1. The van der Waals surface area contributed by atoms with Crippen molar-refractivity contribution in [2.24, 2.45) is 0 Å². The molecule has 0 aliphatic heterocycles. The molecule has 0 aliphatic rings. The second-order valence-electron chi connectivity index (χ2n) is 6.31. The first-order valence-corrected chi connectivity index (χ1v) is 8.62. The molecule has 3 heterocycles. The predicted octanol–water partition coefficient (Wildman–Crippen LogP) is 4.14. The average molecular weight is 394 g/mol. The zero-order valence-corrected chi connectivity index (χ0v) is 15.4. The van der Waals surface area contributed by atoms with Crippen molar-refractivity contribution in [1.82, 2.24) is 10.1 Å². The molecule has 0 aliphatic carbocycles. The Kier molecular flexibility index (Phi) is 4.55. The fourth-order valence-corrected chi connectivity index (χ4v) is 2.91. The van der Waals surface area contributed by atoms with Crippen LogP contribution in [0.5, 0.6) is 0 Å². The number of nitrogens with one attached hydrogen (secondary N) is 2. The van der Waals surface area contributed by atoms with Crippen molar-refractivity contribution < 1.29 is 22.9 Å². The van der Waals surface area contributed by atoms with Gasteiger partial charge in [-0.2, -0.15) is 0 Å². The Balaban J connectivity index is 1.73. The molecule has 29 heavy (non-hydrogen) atoms. The van der Waals surface area contributed by atoms with Crippen LogP contribution in [0, 0.1) is 12.7 Å². The number of anilines is 2. The van der Waals surface area contributed by atoms with E-state index in [1.165, 1.54) is 25.3 Å². The van der Waals surface area contributed by atoms with Gasteiger partial charge < -0.3 is 19.6 Å². The molecule has 3 aromatic heterocycles. The van der Waals surface area contributed by atoms with Crippen LogP contribution in [-0.4, -0.2) is 22.0 Å². The molecule has 0 radical (unpaired) electrons. The lowest BCUT2D eigenvalue weighted by Gasteiger charge is -2.10. The van der Waals surface area contributed by atoms with Gasteiger partial charge in [-0.25, -0.2) is 9.37 Å². The summed E-state index contributed by atoms with van der Waals surface area (Å²) in [5, 5.41) is 9.41. The quantitative estimate of drug-likeness (QED) is 0.538. The highest BCUT2D eigenvalue weighted by Gasteiger charge is 2.20. The van der Waals surface area contributed by atoms with E-state index in [0.717, 1.165) is 6.07 Å². The smallest absolute Gasteiger partial charge is 0.259 e. The first-order chi connectivity index (χ1) is 13.9. The van der Waals surface area contributed by atoms with E-state index in [0.29, 0.717) is 28.2 Å². The fraction of sp³-hybridized carbons (Fsp3) is 0.100. The largest absolute Gasteiger partial charge is 0.463 e. The molecule has 4 aromatic rings. The van der Waals surface area contributed by atoms with Crippen molar-refractivity contribution in [3.8, 4) is 11.5 Å². The first-order valence-electron chi connectivity index (χ1n) is 8.62. The number of carbonyl (C=O) groups excluding carboxylic acids is 2. The summed E-state index contributed by atoms with van der Waals surface area (Å²) >= 11 is 0. The molecule has 2 amide bonds. The minimum Gasteiger partial charge on any atom is -0.463 e. The van der Waals surface area contributed by atoms with E-state index in [4.69, 9.17) is 8.94 Å². The number of aryl methyl sites for hydroxylation is 1. The van der Waals surface area contributed by atoms with E-state index in [9.17, 15) is 14.0 Å². The monoisotopic (exact) mass is 394 g/mol. The number of furan rings is 1. The van der Waals surface area contributed by atoms with Crippen molar-refractivity contribution in [2.75, 3.05) is 10.6 Å². The number of rotatable bonds is 4. The molecule has 0 spiro atoms. The third kappa shape index (κ3) is 3.57. The lowest BCUT2D eigenvalue weighted by atomic mass is 10.1. The molecule has 1 aromatic carbocycles. The normalized spacial score (nSPS) is 10.9. The molecular weight excluding hydrogens is 379 g/mol. The summed E-state index contributed by atoms with van der Waals surface area (Å²) < 4.78 is 24.4. The van der Waals surface area contributed by atoms with Crippen LogP contribution in [0.1, 0.15) is 23.0 Å². The molecule has 0 saturated carbocycles. The van der Waals surface area contributed by atoms with E-state index in [1.807, 2.05) is 0 Å². The minimum absolute atomic E-state index is 0.0346. The van der Waals surface area contributed by atoms with Crippen molar-refractivity contribution in [1.29, 1.82) is 0 Å². The molecule has 2 N–H and O–H groups in total. The highest BCUT2D eigenvalue weighted by atomic mass is 19.1. The van der Waals surface area contributed by atoms with Crippen molar-refractivity contribution >= 4 is 34.3 Å². The molecule has 9 heteroatoms. The Morgan fingerprint density at radius 1 is 1.14 bits per heavy atom. The highest BCUT2D eigenvalue weighted by molar-refractivity contribution is 6.13. The van der Waals surface area contributed by atoms with Gasteiger partial charge in [0.2, 0.25) is 5.91 Å². The molecule has 8 nitrogen and oxygen atoms in total. The highest BCUT2D eigenvalue weighted by Crippen LogP contribution is 2.28. The van der Waals surface area contributed by atoms with Crippen LogP contribution in [-0.2, 0) is 4.79 Å². The van der Waals surface area contributed by atoms with Gasteiger partial charge in [-0.05, 0) is 43.3 Å². The summed E-state index contributed by atoms with van der Waals surface area (Å²) in [5.41, 5.74) is 1.64. The SMILES string of the molecule is CC(=O)Nc1cc(NC(=O)c2cc(-c3ccco3)nc3onc(C)c23)ccc1F. The predicted molar refractivity (Wildman–Crippen MR) is 103 cm³/mol. The van der Waals surface area contributed by atoms with Crippen LogP contribution in [0.25, 0.3) is 22.6 Å². The number of hydrogen-bond donors (Lipinski definition) is 2. The zero-order valence-electron chi connectivity index (χ0n) is 15.4. The van der Waals surface area contributed by atoms with E-state index in [-0.39, 0.29) is 17.0 Å². The van der Waals surface area contributed by atoms with Crippen LogP contribution >= 0.6 is 0 Å². The molecule has 146 valence electrons. The maximum absolute atomic E-state index is 13.9. The van der Waals surface area contributed by atoms with Crippen LogP contribution < -0.4 is 10.6 Å². The Morgan fingerprint density at radius 2 is 1.97 bits per heavy atom. The molecular formula is C20H15FN4O4. The van der Waals surface area contributed by atoms with Crippen molar-refractivity contribution in [3.05, 3.63) is 59.7 Å². The lowest BCUT2D eigenvalue weighted by Crippen LogP contribution is -2.14.